The van der Waals surface area contributed by atoms with Crippen LogP contribution in [0.25, 0.3) is 6.20 Å². The molecule has 0 unspecified atom stereocenters. The number of nitrogens with two attached hydrogens (primary N) is 1. The van der Waals surface area contributed by atoms with Gasteiger partial charge in [-0.3, -0.25) is 0 Å². The van der Waals surface area contributed by atoms with Gasteiger partial charge in [-0.1, -0.05) is 38.8 Å². The van der Waals surface area contributed by atoms with E-state index in [2.05, 4.69) is 25.5 Å². The number of hydrogen-bond donors (Lipinski definition) is 1. The monoisotopic (exact) mass is 233 g/mol. The predicted molar refractivity (Wildman–Crippen MR) is 74.7 cm³/mol. The molecule has 3 heteroatoms. The van der Waals surface area contributed by atoms with Gasteiger partial charge in [0.15, 0.2) is 0 Å². The number of rotatable bonds is 6. The number of allylic oxidation sites excluding steroid dienone is 2. The smallest absolute Gasteiger partial charge is 0.149 e. The first kappa shape index (κ1) is 13.6. The molecule has 0 aliphatic rings. The second-order valence-electron chi connectivity index (χ2n) is 4.38. The number of anilines is 1. The van der Waals surface area contributed by atoms with Crippen LogP contribution in [0.5, 0.6) is 0 Å². The third-order valence-electron chi connectivity index (χ3n) is 2.82. The van der Waals surface area contributed by atoms with Crippen molar-refractivity contribution in [1.29, 1.82) is 0 Å². The average molecular weight is 233 g/mol. The molecule has 1 aromatic rings. The Morgan fingerprint density at radius 2 is 2.12 bits per heavy atom. The lowest BCUT2D eigenvalue weighted by Crippen LogP contribution is -1.98. The van der Waals surface area contributed by atoms with E-state index in [9.17, 15) is 0 Å². The van der Waals surface area contributed by atoms with E-state index in [1.165, 1.54) is 5.69 Å². The van der Waals surface area contributed by atoms with Crippen molar-refractivity contribution in [2.75, 3.05) is 5.73 Å². The van der Waals surface area contributed by atoms with Crippen molar-refractivity contribution < 1.29 is 0 Å². The summed E-state index contributed by atoms with van der Waals surface area (Å²) >= 11 is 0. The Morgan fingerprint density at radius 3 is 2.71 bits per heavy atom. The highest BCUT2D eigenvalue weighted by Crippen LogP contribution is 2.17. The van der Waals surface area contributed by atoms with E-state index < -0.39 is 0 Å². The van der Waals surface area contributed by atoms with Gasteiger partial charge in [0.25, 0.3) is 0 Å². The molecule has 1 aromatic heterocycles. The van der Waals surface area contributed by atoms with Crippen molar-refractivity contribution >= 4 is 12.0 Å². The first-order valence-corrected chi connectivity index (χ1v) is 6.29. The van der Waals surface area contributed by atoms with Crippen molar-refractivity contribution in [3.05, 3.63) is 29.5 Å². The van der Waals surface area contributed by atoms with Crippen molar-refractivity contribution in [2.45, 2.75) is 46.5 Å². The van der Waals surface area contributed by atoms with Crippen molar-refractivity contribution in [1.82, 2.24) is 9.78 Å². The van der Waals surface area contributed by atoms with Gasteiger partial charge in [-0.25, -0.2) is 4.68 Å². The summed E-state index contributed by atoms with van der Waals surface area (Å²) in [7, 11) is 0. The molecule has 17 heavy (non-hydrogen) atoms. The van der Waals surface area contributed by atoms with Gasteiger partial charge in [0, 0.05) is 17.5 Å². The summed E-state index contributed by atoms with van der Waals surface area (Å²) in [4.78, 5) is 0. The zero-order valence-corrected chi connectivity index (χ0v) is 11.2. The lowest BCUT2D eigenvalue weighted by molar-refractivity contribution is 0.800. The molecule has 0 aromatic carbocycles. The number of nitrogen functional groups attached to an aromatic ring is 1. The van der Waals surface area contributed by atoms with Crippen LogP contribution in [0.3, 0.4) is 0 Å². The molecular weight excluding hydrogens is 210 g/mol. The molecule has 94 valence electrons. The molecule has 0 saturated heterocycles. The molecule has 0 fully saturated rings. The van der Waals surface area contributed by atoms with E-state index in [0.717, 1.165) is 36.8 Å². The summed E-state index contributed by atoms with van der Waals surface area (Å²) in [5.41, 5.74) is 9.27. The van der Waals surface area contributed by atoms with Crippen molar-refractivity contribution in [3.8, 4) is 0 Å². The molecule has 0 amide bonds. The van der Waals surface area contributed by atoms with Gasteiger partial charge in [0.1, 0.15) is 5.82 Å². The van der Waals surface area contributed by atoms with E-state index in [1.807, 2.05) is 23.9 Å². The fraction of sp³-hybridized carbons (Fsp3) is 0.500. The summed E-state index contributed by atoms with van der Waals surface area (Å²) in [6, 6.07) is 0. The summed E-state index contributed by atoms with van der Waals surface area (Å²) in [5, 5.41) is 4.33. The second-order valence-corrected chi connectivity index (χ2v) is 4.38. The van der Waals surface area contributed by atoms with Crippen LogP contribution in [0.1, 0.15) is 44.4 Å². The van der Waals surface area contributed by atoms with Crippen LogP contribution in [-0.4, -0.2) is 9.78 Å². The van der Waals surface area contributed by atoms with Crippen molar-refractivity contribution in [3.63, 3.8) is 0 Å². The maximum absolute atomic E-state index is 5.85. The van der Waals surface area contributed by atoms with Gasteiger partial charge in [0.2, 0.25) is 0 Å². The zero-order chi connectivity index (χ0) is 12.8. The van der Waals surface area contributed by atoms with E-state index in [4.69, 9.17) is 5.73 Å². The molecule has 1 rings (SSSR count). The molecule has 3 nitrogen and oxygen atoms in total. The predicted octanol–water partition coefficient (Wildman–Crippen LogP) is 3.55. The van der Waals surface area contributed by atoms with Crippen LogP contribution in [0.4, 0.5) is 5.82 Å². The average Bonchev–Trinajstić information content (AvgIpc) is 2.55. The molecule has 2 N–H and O–H groups in total. The minimum absolute atomic E-state index is 0.624. The van der Waals surface area contributed by atoms with Crippen LogP contribution in [0.2, 0.25) is 0 Å². The van der Waals surface area contributed by atoms with Crippen LogP contribution >= 0.6 is 0 Å². The molecule has 0 radical (unpaired) electrons. The maximum atomic E-state index is 5.85. The molecule has 0 atom stereocenters. The lowest BCUT2D eigenvalue weighted by atomic mass is 10.1. The summed E-state index contributed by atoms with van der Waals surface area (Å²) in [6.45, 7) is 10.3. The minimum Gasteiger partial charge on any atom is -0.382 e. The SMILES string of the molecule is C=C(/C=C\n1nc(N)c(C)c1CCC)CCC. The van der Waals surface area contributed by atoms with Crippen LogP contribution in [0, 0.1) is 6.92 Å². The number of hydrogen-bond acceptors (Lipinski definition) is 2. The Labute approximate surface area is 104 Å². The molecule has 0 aliphatic heterocycles. The van der Waals surface area contributed by atoms with Gasteiger partial charge in [-0.15, -0.1) is 0 Å². The fourth-order valence-corrected chi connectivity index (χ4v) is 1.81. The largest absolute Gasteiger partial charge is 0.382 e. The first-order chi connectivity index (χ1) is 8.10. The van der Waals surface area contributed by atoms with E-state index in [1.54, 1.807) is 0 Å². The van der Waals surface area contributed by atoms with Gasteiger partial charge in [-0.2, -0.15) is 5.10 Å². The normalized spacial score (nSPS) is 11.2. The van der Waals surface area contributed by atoms with Crippen molar-refractivity contribution in [2.24, 2.45) is 0 Å². The van der Waals surface area contributed by atoms with E-state index in [0.29, 0.717) is 5.82 Å². The summed E-state index contributed by atoms with van der Waals surface area (Å²) < 4.78 is 1.88. The van der Waals surface area contributed by atoms with Gasteiger partial charge >= 0.3 is 0 Å². The third kappa shape index (κ3) is 3.48. The van der Waals surface area contributed by atoms with Crippen LogP contribution < -0.4 is 5.73 Å². The fourth-order valence-electron chi connectivity index (χ4n) is 1.81. The second kappa shape index (κ2) is 6.28. The highest BCUT2D eigenvalue weighted by atomic mass is 15.3. The Morgan fingerprint density at radius 1 is 1.41 bits per heavy atom. The molecule has 0 bridgehead atoms. The highest BCUT2D eigenvalue weighted by Gasteiger charge is 2.09. The third-order valence-corrected chi connectivity index (χ3v) is 2.82. The molecule has 1 heterocycles. The van der Waals surface area contributed by atoms with Crippen LogP contribution in [0.15, 0.2) is 18.2 Å². The Kier molecular flexibility index (Phi) is 5.01. The van der Waals surface area contributed by atoms with E-state index >= 15 is 0 Å². The molecular formula is C14H23N3. The zero-order valence-electron chi connectivity index (χ0n) is 11.2. The molecule has 0 aliphatic carbocycles. The van der Waals surface area contributed by atoms with Gasteiger partial charge in [-0.05, 0) is 25.8 Å². The number of nitrogens with zero attached hydrogens (tertiary/aromatic N) is 2. The quantitative estimate of drug-likeness (QED) is 0.763. The Bertz CT molecular complexity index is 413. The Hall–Kier alpha value is -1.51. The molecule has 0 saturated carbocycles. The highest BCUT2D eigenvalue weighted by molar-refractivity contribution is 5.46. The lowest BCUT2D eigenvalue weighted by Gasteiger charge is -2.02. The molecule has 0 spiro atoms. The minimum atomic E-state index is 0.624. The first-order valence-electron chi connectivity index (χ1n) is 6.29. The standard InChI is InChI=1S/C14H23N3/c1-5-7-11(3)9-10-17-13(8-6-2)12(4)14(15)16-17/h9-10H,3,5-8H2,1-2,4H3,(H2,15,16)/b10-9-. The van der Waals surface area contributed by atoms with E-state index in [-0.39, 0.29) is 0 Å². The summed E-state index contributed by atoms with van der Waals surface area (Å²) in [5.74, 6) is 0.624. The number of aromatic nitrogens is 2. The topological polar surface area (TPSA) is 43.8 Å². The Balaban J connectivity index is 2.90. The van der Waals surface area contributed by atoms with Gasteiger partial charge < -0.3 is 5.73 Å². The maximum Gasteiger partial charge on any atom is 0.149 e. The van der Waals surface area contributed by atoms with Gasteiger partial charge in [0.05, 0.1) is 0 Å². The summed E-state index contributed by atoms with van der Waals surface area (Å²) in [6.07, 6.45) is 8.22. The van der Waals surface area contributed by atoms with Crippen LogP contribution in [-0.2, 0) is 6.42 Å².